The molecule has 21 heavy (non-hydrogen) atoms. The Labute approximate surface area is 140 Å². The zero-order valence-corrected chi connectivity index (χ0v) is 14.5. The first-order valence-electron chi connectivity index (χ1n) is 6.41. The topological polar surface area (TPSA) is 51.2 Å². The number of esters is 1. The van der Waals surface area contributed by atoms with Crippen LogP contribution in [0.1, 0.15) is 19.0 Å². The quantitative estimate of drug-likeness (QED) is 0.721. The number of ether oxygens (including phenoxy) is 1. The van der Waals surface area contributed by atoms with Crippen LogP contribution in [0.5, 0.6) is 0 Å². The molecule has 0 bridgehead atoms. The first kappa shape index (κ1) is 16.3. The molecule has 1 N–H and O–H groups in total. The number of carbonyl (C=O) groups excluding carboxylic acids is 1. The first-order valence-corrected chi connectivity index (χ1v) is 8.46. The fourth-order valence-corrected chi connectivity index (χ4v) is 2.95. The third-order valence-corrected chi connectivity index (χ3v) is 4.84. The Morgan fingerprint density at radius 3 is 3.10 bits per heavy atom. The van der Waals surface area contributed by atoms with Gasteiger partial charge in [-0.3, -0.25) is 4.79 Å². The lowest BCUT2D eigenvalue weighted by Crippen LogP contribution is -2.05. The number of rotatable bonds is 6. The molecule has 1 heterocycles. The van der Waals surface area contributed by atoms with Gasteiger partial charge < -0.3 is 10.1 Å². The van der Waals surface area contributed by atoms with Crippen molar-refractivity contribution in [2.24, 2.45) is 0 Å². The van der Waals surface area contributed by atoms with Gasteiger partial charge in [0.2, 0.25) is 0 Å². The summed E-state index contributed by atoms with van der Waals surface area (Å²) in [5, 5.41) is 6.54. The lowest BCUT2D eigenvalue weighted by atomic mass is 10.2. The highest BCUT2D eigenvalue weighted by Crippen LogP contribution is 2.32. The fraction of sp³-hybridized carbons (Fsp3) is 0.286. The van der Waals surface area contributed by atoms with E-state index in [0.29, 0.717) is 24.5 Å². The van der Waals surface area contributed by atoms with Crippen LogP contribution in [0, 0.1) is 0 Å². The third kappa shape index (κ3) is 4.69. The van der Waals surface area contributed by atoms with Crippen LogP contribution in [-0.4, -0.2) is 17.6 Å². The molecule has 0 unspecified atom stereocenters. The Bertz CT molecular complexity index is 633. The van der Waals surface area contributed by atoms with Crippen LogP contribution in [-0.2, 0) is 16.0 Å². The van der Waals surface area contributed by atoms with Crippen molar-refractivity contribution in [3.63, 3.8) is 0 Å². The summed E-state index contributed by atoms with van der Waals surface area (Å²) in [5.41, 5.74) is 1.72. The number of thiazole rings is 1. The van der Waals surface area contributed by atoms with E-state index in [1.54, 1.807) is 6.92 Å². The summed E-state index contributed by atoms with van der Waals surface area (Å²) in [5.74, 6) is -0.197. The summed E-state index contributed by atoms with van der Waals surface area (Å²) in [7, 11) is 0. The minimum Gasteiger partial charge on any atom is -0.466 e. The van der Waals surface area contributed by atoms with Crippen LogP contribution in [0.25, 0.3) is 0 Å². The minimum atomic E-state index is -0.197. The summed E-state index contributed by atoms with van der Waals surface area (Å²) in [6.07, 6.45) is 0.922. The first-order chi connectivity index (χ1) is 10.1. The Morgan fingerprint density at radius 2 is 2.33 bits per heavy atom. The predicted octanol–water partition coefficient (Wildman–Crippen LogP) is 4.80. The molecular weight excluding hydrogens is 376 g/mol. The molecule has 0 aliphatic heterocycles. The van der Waals surface area contributed by atoms with Crippen LogP contribution in [0.15, 0.2) is 28.1 Å². The van der Waals surface area contributed by atoms with Crippen LogP contribution in [0.4, 0.5) is 10.8 Å². The van der Waals surface area contributed by atoms with Gasteiger partial charge in [-0.25, -0.2) is 4.98 Å². The number of nitrogens with zero attached hydrogens (tertiary/aromatic N) is 1. The van der Waals surface area contributed by atoms with Gasteiger partial charge in [-0.15, -0.1) is 11.3 Å². The van der Waals surface area contributed by atoms with Crippen molar-refractivity contribution in [1.82, 2.24) is 4.98 Å². The van der Waals surface area contributed by atoms with Crippen molar-refractivity contribution in [3.8, 4) is 0 Å². The molecule has 0 aliphatic rings. The average Bonchev–Trinajstić information content (AvgIpc) is 2.90. The van der Waals surface area contributed by atoms with Crippen molar-refractivity contribution in [2.45, 2.75) is 19.8 Å². The van der Waals surface area contributed by atoms with Gasteiger partial charge in [-0.2, -0.15) is 0 Å². The van der Waals surface area contributed by atoms with Gasteiger partial charge in [0.15, 0.2) is 5.13 Å². The van der Waals surface area contributed by atoms with Crippen molar-refractivity contribution < 1.29 is 9.53 Å². The lowest BCUT2D eigenvalue weighted by Gasteiger charge is -2.06. The van der Waals surface area contributed by atoms with Crippen molar-refractivity contribution in [2.75, 3.05) is 11.9 Å². The standard InChI is InChI=1S/C14H14BrClN2O2S/c1-2-20-12(19)7-6-9-8-21-14(17-9)18-11-5-3-4-10(16)13(11)15/h3-5,8H,2,6-7H2,1H3,(H,17,18). The third-order valence-electron chi connectivity index (χ3n) is 2.64. The second-order valence-electron chi connectivity index (χ2n) is 4.18. The largest absolute Gasteiger partial charge is 0.466 e. The summed E-state index contributed by atoms with van der Waals surface area (Å²) in [4.78, 5) is 15.8. The van der Waals surface area contributed by atoms with E-state index in [9.17, 15) is 4.79 Å². The molecule has 112 valence electrons. The van der Waals surface area contributed by atoms with Gasteiger partial charge in [0.05, 0.1) is 33.9 Å². The molecule has 0 saturated heterocycles. The number of nitrogens with one attached hydrogen (secondary N) is 1. The van der Waals surface area contributed by atoms with Crippen LogP contribution >= 0.6 is 38.9 Å². The van der Waals surface area contributed by atoms with Crippen LogP contribution in [0.2, 0.25) is 5.02 Å². The van der Waals surface area contributed by atoms with Gasteiger partial charge in [0.1, 0.15) is 0 Å². The van der Waals surface area contributed by atoms with Gasteiger partial charge in [0, 0.05) is 11.8 Å². The molecule has 0 spiro atoms. The number of halogens is 2. The minimum absolute atomic E-state index is 0.197. The van der Waals surface area contributed by atoms with Crippen LogP contribution < -0.4 is 5.32 Å². The Morgan fingerprint density at radius 1 is 1.52 bits per heavy atom. The van der Waals surface area contributed by atoms with Gasteiger partial charge in [-0.1, -0.05) is 17.7 Å². The molecule has 4 nitrogen and oxygen atoms in total. The number of hydrogen-bond acceptors (Lipinski definition) is 5. The SMILES string of the molecule is CCOC(=O)CCc1csc(Nc2cccc(Cl)c2Br)n1. The molecule has 1 aromatic carbocycles. The molecule has 0 atom stereocenters. The molecule has 0 aliphatic carbocycles. The number of aromatic nitrogens is 1. The van der Waals surface area contributed by atoms with Gasteiger partial charge >= 0.3 is 5.97 Å². The summed E-state index contributed by atoms with van der Waals surface area (Å²) < 4.78 is 5.70. The number of hydrogen-bond donors (Lipinski definition) is 1. The van der Waals surface area contributed by atoms with E-state index in [4.69, 9.17) is 16.3 Å². The highest BCUT2D eigenvalue weighted by Gasteiger charge is 2.09. The maximum atomic E-state index is 11.3. The highest BCUT2D eigenvalue weighted by atomic mass is 79.9. The normalized spacial score (nSPS) is 10.4. The van der Waals surface area contributed by atoms with E-state index in [1.165, 1.54) is 11.3 Å². The number of carbonyl (C=O) groups is 1. The molecule has 2 rings (SSSR count). The number of aryl methyl sites for hydroxylation is 1. The zero-order valence-electron chi connectivity index (χ0n) is 11.4. The van der Waals surface area contributed by atoms with E-state index < -0.39 is 0 Å². The zero-order chi connectivity index (χ0) is 15.2. The molecule has 0 amide bonds. The monoisotopic (exact) mass is 388 g/mol. The maximum Gasteiger partial charge on any atom is 0.306 e. The van der Waals surface area contributed by atoms with E-state index in [1.807, 2.05) is 23.6 Å². The van der Waals surface area contributed by atoms with E-state index in [0.717, 1.165) is 21.0 Å². The number of benzene rings is 1. The van der Waals surface area contributed by atoms with Crippen molar-refractivity contribution >= 4 is 55.7 Å². The van der Waals surface area contributed by atoms with E-state index in [2.05, 4.69) is 26.2 Å². The molecule has 7 heteroatoms. The molecular formula is C14H14BrClN2O2S. The van der Waals surface area contributed by atoms with E-state index in [-0.39, 0.29) is 5.97 Å². The summed E-state index contributed by atoms with van der Waals surface area (Å²) in [6, 6.07) is 5.59. The predicted molar refractivity (Wildman–Crippen MR) is 89.5 cm³/mol. The van der Waals surface area contributed by atoms with Crippen molar-refractivity contribution in [3.05, 3.63) is 38.8 Å². The van der Waals surface area contributed by atoms with Gasteiger partial charge in [-0.05, 0) is 35.0 Å². The Kier molecular flexibility index (Phi) is 6.02. The summed E-state index contributed by atoms with van der Waals surface area (Å²) in [6.45, 7) is 2.21. The second kappa shape index (κ2) is 7.77. The lowest BCUT2D eigenvalue weighted by molar-refractivity contribution is -0.143. The molecule has 0 saturated carbocycles. The van der Waals surface area contributed by atoms with Crippen molar-refractivity contribution in [1.29, 1.82) is 0 Å². The fourth-order valence-electron chi connectivity index (χ4n) is 1.66. The molecule has 2 aromatic rings. The highest BCUT2D eigenvalue weighted by molar-refractivity contribution is 9.10. The van der Waals surface area contributed by atoms with Gasteiger partial charge in [0.25, 0.3) is 0 Å². The molecule has 0 fully saturated rings. The Hall–Kier alpha value is -1.11. The van der Waals surface area contributed by atoms with E-state index >= 15 is 0 Å². The smallest absolute Gasteiger partial charge is 0.306 e. The molecule has 0 radical (unpaired) electrons. The second-order valence-corrected chi connectivity index (χ2v) is 6.23. The number of anilines is 2. The molecule has 1 aromatic heterocycles. The average molecular weight is 390 g/mol. The van der Waals surface area contributed by atoms with Crippen LogP contribution in [0.3, 0.4) is 0 Å². The maximum absolute atomic E-state index is 11.3. The summed E-state index contributed by atoms with van der Waals surface area (Å²) >= 11 is 11.0. The Balaban J connectivity index is 1.97.